The number of benzene rings is 2. The van der Waals surface area contributed by atoms with Crippen LogP contribution in [-0.4, -0.2) is 13.0 Å². The summed E-state index contributed by atoms with van der Waals surface area (Å²) >= 11 is 0. The van der Waals surface area contributed by atoms with E-state index in [9.17, 15) is 9.59 Å². The average molecular weight is 365 g/mol. The molecule has 5 nitrogen and oxygen atoms in total. The van der Waals surface area contributed by atoms with Crippen molar-refractivity contribution < 1.29 is 13.9 Å². The van der Waals surface area contributed by atoms with Gasteiger partial charge in [0.2, 0.25) is 5.91 Å². The Morgan fingerprint density at radius 3 is 2.52 bits per heavy atom. The number of amides is 1. The maximum Gasteiger partial charge on any atom is 0.336 e. The van der Waals surface area contributed by atoms with Gasteiger partial charge in [-0.3, -0.25) is 4.79 Å². The average Bonchev–Trinajstić information content (AvgIpc) is 2.67. The molecule has 27 heavy (non-hydrogen) atoms. The molecule has 0 saturated carbocycles. The normalized spacial score (nSPS) is 10.7. The fourth-order valence-corrected chi connectivity index (χ4v) is 3.05. The Balaban J connectivity index is 1.73. The molecule has 0 fully saturated rings. The van der Waals surface area contributed by atoms with Gasteiger partial charge in [-0.05, 0) is 47.4 Å². The molecule has 0 bridgehead atoms. The molecule has 3 aromatic rings. The lowest BCUT2D eigenvalue weighted by molar-refractivity contribution is -0.120. The van der Waals surface area contributed by atoms with Gasteiger partial charge < -0.3 is 14.5 Å². The number of carbonyl (C=O) groups excluding carboxylic acids is 1. The van der Waals surface area contributed by atoms with E-state index in [-0.39, 0.29) is 18.9 Å². The van der Waals surface area contributed by atoms with Gasteiger partial charge in [0.25, 0.3) is 0 Å². The predicted octanol–water partition coefficient (Wildman–Crippen LogP) is 3.61. The quantitative estimate of drug-likeness (QED) is 0.650. The minimum Gasteiger partial charge on any atom is -0.497 e. The first kappa shape index (κ1) is 18.7. The zero-order valence-corrected chi connectivity index (χ0v) is 15.6. The maximum atomic E-state index is 12.3. The topological polar surface area (TPSA) is 68.5 Å². The first-order chi connectivity index (χ1) is 13.1. The van der Waals surface area contributed by atoms with Crippen molar-refractivity contribution in [3.63, 3.8) is 0 Å². The minimum atomic E-state index is -0.412. The Hall–Kier alpha value is -3.08. The van der Waals surface area contributed by atoms with Crippen LogP contribution in [-0.2, 0) is 24.2 Å². The molecule has 1 heterocycles. The SMILES string of the molecule is CCCc1ccc2oc(=O)cc(CNC(=O)Cc3ccc(OC)cc3)c2c1. The molecular formula is C22H23NO4. The summed E-state index contributed by atoms with van der Waals surface area (Å²) in [6.07, 6.45) is 2.26. The number of hydrogen-bond acceptors (Lipinski definition) is 4. The third-order valence-electron chi connectivity index (χ3n) is 4.43. The van der Waals surface area contributed by atoms with E-state index in [1.807, 2.05) is 42.5 Å². The molecule has 5 heteroatoms. The van der Waals surface area contributed by atoms with E-state index in [1.165, 1.54) is 11.6 Å². The third kappa shape index (κ3) is 4.76. The Morgan fingerprint density at radius 1 is 1.07 bits per heavy atom. The maximum absolute atomic E-state index is 12.3. The lowest BCUT2D eigenvalue weighted by Crippen LogP contribution is -2.25. The molecule has 0 radical (unpaired) electrons. The van der Waals surface area contributed by atoms with Crippen molar-refractivity contribution in [1.29, 1.82) is 0 Å². The second-order valence-electron chi connectivity index (χ2n) is 6.47. The standard InChI is InChI=1S/C22H23NO4/c1-3-4-15-7-10-20-19(11-15)17(13-22(25)27-20)14-23-21(24)12-16-5-8-18(26-2)9-6-16/h5-11,13H,3-4,12,14H2,1-2H3,(H,23,24). The summed E-state index contributed by atoms with van der Waals surface area (Å²) in [6.45, 7) is 2.41. The van der Waals surface area contributed by atoms with Crippen LogP contribution in [0.2, 0.25) is 0 Å². The Labute approximate surface area is 158 Å². The molecule has 1 N–H and O–H groups in total. The highest BCUT2D eigenvalue weighted by molar-refractivity contribution is 5.82. The van der Waals surface area contributed by atoms with Crippen molar-refractivity contribution in [3.05, 3.63) is 75.6 Å². The second-order valence-corrected chi connectivity index (χ2v) is 6.47. The summed E-state index contributed by atoms with van der Waals surface area (Å²) in [7, 11) is 1.61. The summed E-state index contributed by atoms with van der Waals surface area (Å²) in [5.74, 6) is 0.649. The van der Waals surface area contributed by atoms with Crippen LogP contribution < -0.4 is 15.7 Å². The van der Waals surface area contributed by atoms with Gasteiger partial charge >= 0.3 is 5.63 Å². The van der Waals surface area contributed by atoms with E-state index in [2.05, 4.69) is 12.2 Å². The van der Waals surface area contributed by atoms with Gasteiger partial charge in [-0.2, -0.15) is 0 Å². The molecule has 0 atom stereocenters. The molecule has 1 aromatic heterocycles. The first-order valence-corrected chi connectivity index (χ1v) is 9.04. The third-order valence-corrected chi connectivity index (χ3v) is 4.43. The molecule has 2 aromatic carbocycles. The summed E-state index contributed by atoms with van der Waals surface area (Å²) in [4.78, 5) is 24.1. The zero-order valence-electron chi connectivity index (χ0n) is 15.6. The molecule has 0 spiro atoms. The lowest BCUT2D eigenvalue weighted by atomic mass is 10.0. The van der Waals surface area contributed by atoms with Gasteiger partial charge in [0, 0.05) is 18.0 Å². The Kier molecular flexibility index (Phi) is 5.91. The number of methoxy groups -OCH3 is 1. The van der Waals surface area contributed by atoms with Crippen LogP contribution in [0.4, 0.5) is 0 Å². The van der Waals surface area contributed by atoms with E-state index >= 15 is 0 Å². The van der Waals surface area contributed by atoms with Crippen LogP contribution in [0.15, 0.2) is 57.7 Å². The van der Waals surface area contributed by atoms with Crippen LogP contribution >= 0.6 is 0 Å². The molecule has 3 rings (SSSR count). The Bertz CT molecular complexity index is 989. The van der Waals surface area contributed by atoms with Gasteiger partial charge in [0.15, 0.2) is 0 Å². The van der Waals surface area contributed by atoms with Gasteiger partial charge in [-0.15, -0.1) is 0 Å². The smallest absolute Gasteiger partial charge is 0.336 e. The molecule has 0 aliphatic carbocycles. The van der Waals surface area contributed by atoms with Gasteiger partial charge in [-0.25, -0.2) is 4.79 Å². The van der Waals surface area contributed by atoms with E-state index < -0.39 is 5.63 Å². The molecule has 0 saturated heterocycles. The largest absolute Gasteiger partial charge is 0.497 e. The van der Waals surface area contributed by atoms with E-state index in [1.54, 1.807) is 7.11 Å². The molecular weight excluding hydrogens is 342 g/mol. The molecule has 0 aliphatic heterocycles. The monoisotopic (exact) mass is 365 g/mol. The van der Waals surface area contributed by atoms with Crippen molar-refractivity contribution in [2.75, 3.05) is 7.11 Å². The summed E-state index contributed by atoms with van der Waals surface area (Å²) in [5, 5.41) is 3.76. The van der Waals surface area contributed by atoms with Gasteiger partial charge in [0.1, 0.15) is 11.3 Å². The first-order valence-electron chi connectivity index (χ1n) is 9.04. The number of carbonyl (C=O) groups is 1. The van der Waals surface area contributed by atoms with Crippen LogP contribution in [0.5, 0.6) is 5.75 Å². The highest BCUT2D eigenvalue weighted by Crippen LogP contribution is 2.20. The number of aryl methyl sites for hydroxylation is 1. The highest BCUT2D eigenvalue weighted by Gasteiger charge is 2.09. The van der Waals surface area contributed by atoms with Crippen LogP contribution in [0.1, 0.15) is 30.0 Å². The number of rotatable bonds is 7. The summed E-state index contributed by atoms with van der Waals surface area (Å²) in [6, 6.07) is 14.7. The second kappa shape index (κ2) is 8.54. The van der Waals surface area contributed by atoms with Crippen LogP contribution in [0.25, 0.3) is 11.0 Å². The minimum absolute atomic E-state index is 0.105. The fourth-order valence-electron chi connectivity index (χ4n) is 3.05. The van der Waals surface area contributed by atoms with Gasteiger partial charge in [0.05, 0.1) is 13.5 Å². The lowest BCUT2D eigenvalue weighted by Gasteiger charge is -2.09. The van der Waals surface area contributed by atoms with E-state index in [0.717, 1.165) is 35.1 Å². The van der Waals surface area contributed by atoms with Gasteiger partial charge in [-0.1, -0.05) is 31.5 Å². The van der Waals surface area contributed by atoms with Crippen molar-refractivity contribution in [2.24, 2.45) is 0 Å². The number of ether oxygens (including phenoxy) is 1. The number of nitrogens with one attached hydrogen (secondary N) is 1. The number of hydrogen-bond donors (Lipinski definition) is 1. The zero-order chi connectivity index (χ0) is 19.2. The predicted molar refractivity (Wildman–Crippen MR) is 105 cm³/mol. The molecule has 140 valence electrons. The Morgan fingerprint density at radius 2 is 1.81 bits per heavy atom. The molecule has 0 aliphatic rings. The molecule has 0 unspecified atom stereocenters. The fraction of sp³-hybridized carbons (Fsp3) is 0.273. The highest BCUT2D eigenvalue weighted by atomic mass is 16.5. The summed E-state index contributed by atoms with van der Waals surface area (Å²) in [5.41, 5.74) is 2.98. The number of fused-ring (bicyclic) bond motifs is 1. The summed E-state index contributed by atoms with van der Waals surface area (Å²) < 4.78 is 10.4. The van der Waals surface area contributed by atoms with Crippen LogP contribution in [0.3, 0.4) is 0 Å². The van der Waals surface area contributed by atoms with Crippen molar-refractivity contribution >= 4 is 16.9 Å². The van der Waals surface area contributed by atoms with E-state index in [4.69, 9.17) is 9.15 Å². The van der Waals surface area contributed by atoms with Crippen molar-refractivity contribution in [2.45, 2.75) is 32.7 Å². The molecule has 1 amide bonds. The van der Waals surface area contributed by atoms with Crippen LogP contribution in [0, 0.1) is 0 Å². The van der Waals surface area contributed by atoms with Crippen molar-refractivity contribution in [1.82, 2.24) is 5.32 Å². The van der Waals surface area contributed by atoms with E-state index in [0.29, 0.717) is 5.58 Å². The van der Waals surface area contributed by atoms with Crippen molar-refractivity contribution in [3.8, 4) is 5.75 Å².